The Balaban J connectivity index is 0.000000289. The minimum absolute atomic E-state index is 0. The molecule has 4 unspecified atom stereocenters. The topological polar surface area (TPSA) is 86.7 Å². The van der Waals surface area contributed by atoms with Gasteiger partial charge in [0.25, 0.3) is 0 Å². The lowest BCUT2D eigenvalue weighted by Crippen LogP contribution is -2.38. The zero-order chi connectivity index (χ0) is 28.4. The molecule has 0 radical (unpaired) electrons. The van der Waals surface area contributed by atoms with Gasteiger partial charge in [-0.05, 0) is 115 Å². The summed E-state index contributed by atoms with van der Waals surface area (Å²) in [4.78, 5) is 11.7. The van der Waals surface area contributed by atoms with Gasteiger partial charge in [0.15, 0.2) is 5.01 Å². The first-order valence-corrected chi connectivity index (χ1v) is 14.6. The Morgan fingerprint density at radius 1 is 1.10 bits per heavy atom. The molecule has 0 bridgehead atoms. The van der Waals surface area contributed by atoms with E-state index in [1.807, 2.05) is 13.8 Å². The number of ether oxygens (including phenoxy) is 2. The maximum absolute atomic E-state index is 13.9. The molecule has 1 aromatic heterocycles. The standard InChI is InChI=1S/C16H20Br2FNO3.C11H11BrFNO.ClH/c1-8(20-15(21)23-16(2,3)4)5-9-6-10(19)7-11-12(17)14(18)22-13(9)11;1-6(14)2-7-3-8(13)4-9-10(12)5-15-11(7)9;/h6-8,12,14H,5H2,1-4H3,(H,20,21);3-6H,2,14H2,1H3;1H. The van der Waals surface area contributed by atoms with Gasteiger partial charge in [0.05, 0.1) is 9.30 Å². The second kappa shape index (κ2) is 14.0. The molecule has 3 N–H and O–H groups in total. The lowest BCUT2D eigenvalue weighted by molar-refractivity contribution is 0.0508. The third kappa shape index (κ3) is 9.31. The molecule has 0 fully saturated rings. The first-order chi connectivity index (χ1) is 17.6. The zero-order valence-corrected chi connectivity index (χ0v) is 27.7. The average molecular weight is 762 g/mol. The molecular weight excluding hydrogens is 729 g/mol. The molecule has 1 aliphatic rings. The molecule has 4 rings (SSSR count). The number of fused-ring (bicyclic) bond motifs is 2. The lowest BCUT2D eigenvalue weighted by atomic mass is 10.0. The first kappa shape index (κ1) is 33.8. The molecule has 6 nitrogen and oxygen atoms in total. The molecule has 1 aliphatic heterocycles. The number of nitrogens with two attached hydrogens (primary N) is 1. The van der Waals surface area contributed by atoms with Crippen LogP contribution in [0.2, 0.25) is 0 Å². The summed E-state index contributed by atoms with van der Waals surface area (Å²) >= 11 is 10.2. The third-order valence-electron chi connectivity index (χ3n) is 5.42. The van der Waals surface area contributed by atoms with E-state index in [4.69, 9.17) is 19.6 Å². The summed E-state index contributed by atoms with van der Waals surface area (Å²) in [5, 5.41) is 3.27. The normalized spacial score (nSPS) is 17.7. The van der Waals surface area contributed by atoms with Crippen molar-refractivity contribution in [1.82, 2.24) is 5.32 Å². The molecule has 0 aliphatic carbocycles. The van der Waals surface area contributed by atoms with Crippen LogP contribution in [0.15, 0.2) is 39.4 Å². The fraction of sp³-hybridized carbons (Fsp3) is 0.444. The van der Waals surface area contributed by atoms with Crippen molar-refractivity contribution in [1.29, 1.82) is 0 Å². The molecule has 0 saturated carbocycles. The third-order valence-corrected chi connectivity index (χ3v) is 8.43. The number of hydrogen-bond acceptors (Lipinski definition) is 5. The number of benzene rings is 2. The van der Waals surface area contributed by atoms with Gasteiger partial charge in [-0.25, -0.2) is 13.6 Å². The van der Waals surface area contributed by atoms with Crippen molar-refractivity contribution >= 4 is 77.3 Å². The van der Waals surface area contributed by atoms with E-state index in [9.17, 15) is 13.6 Å². The summed E-state index contributed by atoms with van der Waals surface area (Å²) in [7, 11) is 0. The van der Waals surface area contributed by atoms with Crippen LogP contribution < -0.4 is 15.8 Å². The number of alkyl carbamates (subject to hydrolysis) is 1. The van der Waals surface area contributed by atoms with Crippen molar-refractivity contribution in [3.8, 4) is 5.75 Å². The largest absolute Gasteiger partial charge is 0.477 e. The molecule has 0 saturated heterocycles. The van der Waals surface area contributed by atoms with Crippen LogP contribution in [0.25, 0.3) is 11.0 Å². The molecule has 216 valence electrons. The van der Waals surface area contributed by atoms with Crippen molar-refractivity contribution in [2.45, 2.75) is 75.0 Å². The smallest absolute Gasteiger partial charge is 0.407 e. The summed E-state index contributed by atoms with van der Waals surface area (Å²) in [6.45, 7) is 9.13. The van der Waals surface area contributed by atoms with Crippen LogP contribution in [0.1, 0.15) is 56.1 Å². The number of carbonyl (C=O) groups excluding carboxylic acids is 1. The number of alkyl halides is 2. The van der Waals surface area contributed by atoms with E-state index < -0.39 is 11.7 Å². The van der Waals surface area contributed by atoms with Crippen molar-refractivity contribution in [3.63, 3.8) is 0 Å². The number of hydrogen-bond donors (Lipinski definition) is 2. The average Bonchev–Trinajstić information content (AvgIpc) is 3.27. The Kier molecular flexibility index (Phi) is 12.1. The van der Waals surface area contributed by atoms with E-state index >= 15 is 0 Å². The Bertz CT molecular complexity index is 1300. The van der Waals surface area contributed by atoms with Crippen LogP contribution >= 0.6 is 60.2 Å². The van der Waals surface area contributed by atoms with Crippen LogP contribution in [0.4, 0.5) is 13.6 Å². The minimum Gasteiger partial charge on any atom is -0.477 e. The molecule has 2 heterocycles. The quantitative estimate of drug-likeness (QED) is 0.255. The maximum atomic E-state index is 13.9. The van der Waals surface area contributed by atoms with Crippen molar-refractivity contribution in [2.75, 3.05) is 0 Å². The molecule has 39 heavy (non-hydrogen) atoms. The number of carbonyl (C=O) groups is 1. The van der Waals surface area contributed by atoms with Crippen LogP contribution in [-0.4, -0.2) is 28.8 Å². The number of halogens is 6. The lowest BCUT2D eigenvalue weighted by Gasteiger charge is -2.22. The second-order valence-corrected chi connectivity index (χ2v) is 13.1. The highest BCUT2D eigenvalue weighted by Crippen LogP contribution is 2.46. The highest BCUT2D eigenvalue weighted by atomic mass is 79.9. The summed E-state index contributed by atoms with van der Waals surface area (Å²) in [5.41, 5.74) is 8.15. The minimum atomic E-state index is -0.556. The van der Waals surface area contributed by atoms with E-state index in [2.05, 4.69) is 53.1 Å². The van der Waals surface area contributed by atoms with Crippen molar-refractivity contribution in [2.24, 2.45) is 5.73 Å². The van der Waals surface area contributed by atoms with Gasteiger partial charge < -0.3 is 24.9 Å². The summed E-state index contributed by atoms with van der Waals surface area (Å²) < 4.78 is 44.3. The Morgan fingerprint density at radius 3 is 2.33 bits per heavy atom. The van der Waals surface area contributed by atoms with Crippen LogP contribution in [0.5, 0.6) is 5.75 Å². The molecule has 1 amide bonds. The molecular formula is C27H32Br3ClF2N2O4. The summed E-state index contributed by atoms with van der Waals surface area (Å²) in [6, 6.07) is 5.60. The highest BCUT2D eigenvalue weighted by molar-refractivity contribution is 9.12. The van der Waals surface area contributed by atoms with Gasteiger partial charge in [0.1, 0.15) is 34.8 Å². The zero-order valence-electron chi connectivity index (χ0n) is 22.1. The van der Waals surface area contributed by atoms with E-state index in [-0.39, 0.29) is 46.0 Å². The van der Waals surface area contributed by atoms with E-state index in [1.54, 1.807) is 27.0 Å². The molecule has 3 aromatic rings. The van der Waals surface area contributed by atoms with Gasteiger partial charge in [-0.15, -0.1) is 12.4 Å². The van der Waals surface area contributed by atoms with Gasteiger partial charge in [-0.1, -0.05) is 15.9 Å². The Morgan fingerprint density at radius 2 is 1.72 bits per heavy atom. The SMILES string of the molecule is CC(Cc1cc(F)cc2c1OC(Br)C2Br)NC(=O)OC(C)(C)C.CC(N)Cc1cc(F)cc2c(Br)coc12.Cl. The maximum Gasteiger partial charge on any atom is 0.407 e. The van der Waals surface area contributed by atoms with Crippen LogP contribution in [0, 0.1) is 11.6 Å². The summed E-state index contributed by atoms with van der Waals surface area (Å²) in [5.74, 6) is 0.0751. The van der Waals surface area contributed by atoms with Gasteiger partial charge in [0.2, 0.25) is 0 Å². The molecule has 4 atom stereocenters. The van der Waals surface area contributed by atoms with E-state index in [1.165, 1.54) is 24.3 Å². The van der Waals surface area contributed by atoms with Crippen molar-refractivity contribution < 1.29 is 27.5 Å². The molecule has 2 aromatic carbocycles. The van der Waals surface area contributed by atoms with Gasteiger partial charge in [0, 0.05) is 23.0 Å². The number of amides is 1. The van der Waals surface area contributed by atoms with Gasteiger partial charge >= 0.3 is 6.09 Å². The fourth-order valence-electron chi connectivity index (χ4n) is 4.02. The fourth-order valence-corrected chi connectivity index (χ4v) is 5.32. The Hall–Kier alpha value is -1.40. The van der Waals surface area contributed by atoms with E-state index in [0.717, 1.165) is 26.5 Å². The van der Waals surface area contributed by atoms with Gasteiger partial charge in [-0.3, -0.25) is 0 Å². The predicted octanol–water partition coefficient (Wildman–Crippen LogP) is 8.48. The Labute approximate surface area is 258 Å². The number of nitrogens with one attached hydrogen (secondary N) is 1. The molecule has 0 spiro atoms. The monoisotopic (exact) mass is 758 g/mol. The van der Waals surface area contributed by atoms with Gasteiger partial charge in [-0.2, -0.15) is 0 Å². The van der Waals surface area contributed by atoms with Crippen molar-refractivity contribution in [3.05, 3.63) is 63.3 Å². The van der Waals surface area contributed by atoms with Crippen LogP contribution in [0.3, 0.4) is 0 Å². The summed E-state index contributed by atoms with van der Waals surface area (Å²) in [6.07, 6.45) is 2.12. The second-order valence-electron chi connectivity index (χ2n) is 10.3. The van der Waals surface area contributed by atoms with E-state index in [0.29, 0.717) is 24.2 Å². The molecule has 12 heteroatoms. The predicted molar refractivity (Wildman–Crippen MR) is 162 cm³/mol. The highest BCUT2D eigenvalue weighted by Gasteiger charge is 2.33. The number of furan rings is 1. The van der Waals surface area contributed by atoms with Crippen LogP contribution in [-0.2, 0) is 17.6 Å². The number of rotatable bonds is 5. The first-order valence-electron chi connectivity index (χ1n) is 12.0.